The van der Waals surface area contributed by atoms with Gasteiger partial charge in [0.25, 0.3) is 5.69 Å². The van der Waals surface area contributed by atoms with E-state index in [0.717, 1.165) is 12.1 Å². The first kappa shape index (κ1) is 10.5. The summed E-state index contributed by atoms with van der Waals surface area (Å²) in [5.41, 5.74) is -0.143. The number of aromatic nitrogens is 1. The largest absolute Gasteiger partial charge is 0.618 e. The minimum absolute atomic E-state index is 0.0813. The Balaban J connectivity index is 2.60. The van der Waals surface area contributed by atoms with E-state index in [-0.39, 0.29) is 16.0 Å². The number of nitrogens with zero attached hydrogens (tertiary/aromatic N) is 1. The summed E-state index contributed by atoms with van der Waals surface area (Å²) in [6.45, 7) is 0. The van der Waals surface area contributed by atoms with Gasteiger partial charge in [0.1, 0.15) is 5.82 Å². The normalized spacial score (nSPS) is 10.4. The summed E-state index contributed by atoms with van der Waals surface area (Å²) in [5, 5.41) is 11.3. The van der Waals surface area contributed by atoms with Gasteiger partial charge in [-0.05, 0) is 24.3 Å². The second-order valence-electron chi connectivity index (χ2n) is 3.19. The third-order valence-electron chi connectivity index (χ3n) is 2.07. The molecule has 0 aliphatic rings. The molecule has 0 spiro atoms. The summed E-state index contributed by atoms with van der Waals surface area (Å²) in [6.07, 6.45) is 0.613. The van der Waals surface area contributed by atoms with Crippen LogP contribution in [0.25, 0.3) is 11.3 Å². The third-order valence-corrected chi connectivity index (χ3v) is 2.07. The van der Waals surface area contributed by atoms with E-state index >= 15 is 0 Å². The van der Waals surface area contributed by atoms with Gasteiger partial charge in [-0.25, -0.2) is 8.78 Å². The fourth-order valence-corrected chi connectivity index (χ4v) is 1.38. The van der Waals surface area contributed by atoms with Gasteiger partial charge in [0.15, 0.2) is 11.6 Å². The zero-order chi connectivity index (χ0) is 11.7. The zero-order valence-corrected chi connectivity index (χ0v) is 7.95. The molecule has 1 heterocycles. The van der Waals surface area contributed by atoms with Gasteiger partial charge >= 0.3 is 0 Å². The molecule has 2 rings (SSSR count). The van der Waals surface area contributed by atoms with Gasteiger partial charge in [0.2, 0.25) is 6.20 Å². The second-order valence-corrected chi connectivity index (χ2v) is 3.19. The Morgan fingerprint density at radius 1 is 0.938 bits per heavy atom. The average molecular weight is 225 g/mol. The summed E-state index contributed by atoms with van der Waals surface area (Å²) in [7, 11) is 0. The molecule has 0 saturated heterocycles. The topological polar surface area (TPSA) is 26.9 Å². The van der Waals surface area contributed by atoms with Crippen molar-refractivity contribution in [1.82, 2.24) is 0 Å². The molecule has 16 heavy (non-hydrogen) atoms. The summed E-state index contributed by atoms with van der Waals surface area (Å²) in [4.78, 5) is 0. The van der Waals surface area contributed by atoms with Crippen LogP contribution < -0.4 is 4.73 Å². The minimum atomic E-state index is -0.985. The van der Waals surface area contributed by atoms with E-state index in [1.165, 1.54) is 12.1 Å². The molecule has 0 bridgehead atoms. The number of hydrogen-bond acceptors (Lipinski definition) is 1. The zero-order valence-electron chi connectivity index (χ0n) is 7.95. The van der Waals surface area contributed by atoms with Crippen LogP contribution in [0, 0.1) is 22.7 Å². The molecule has 0 unspecified atom stereocenters. The fraction of sp³-hybridized carbons (Fsp3) is 0. The molecule has 2 aromatic rings. The molecule has 5 heteroatoms. The molecule has 0 fully saturated rings. The van der Waals surface area contributed by atoms with Crippen molar-refractivity contribution in [2.75, 3.05) is 0 Å². The van der Waals surface area contributed by atoms with Crippen molar-refractivity contribution in [1.29, 1.82) is 0 Å². The van der Waals surface area contributed by atoms with Crippen molar-refractivity contribution in [2.24, 2.45) is 0 Å². The maximum Gasteiger partial charge on any atom is 0.259 e. The van der Waals surface area contributed by atoms with Gasteiger partial charge in [-0.2, -0.15) is 9.12 Å². The highest BCUT2D eigenvalue weighted by Crippen LogP contribution is 2.19. The van der Waals surface area contributed by atoms with Crippen molar-refractivity contribution >= 4 is 0 Å². The Labute approximate surface area is 89.2 Å². The highest BCUT2D eigenvalue weighted by atomic mass is 19.1. The molecule has 0 saturated carbocycles. The predicted molar refractivity (Wildman–Crippen MR) is 50.7 cm³/mol. The van der Waals surface area contributed by atoms with E-state index in [0.29, 0.717) is 12.3 Å². The first-order valence-corrected chi connectivity index (χ1v) is 4.42. The fourth-order valence-electron chi connectivity index (χ4n) is 1.38. The monoisotopic (exact) mass is 225 g/mol. The van der Waals surface area contributed by atoms with Gasteiger partial charge in [-0.3, -0.25) is 0 Å². The van der Waals surface area contributed by atoms with Crippen LogP contribution in [0.3, 0.4) is 0 Å². The summed E-state index contributed by atoms with van der Waals surface area (Å²) in [6, 6.07) is 5.30. The lowest BCUT2D eigenvalue weighted by Crippen LogP contribution is -2.30. The van der Waals surface area contributed by atoms with E-state index in [1.54, 1.807) is 0 Å². The van der Waals surface area contributed by atoms with Crippen molar-refractivity contribution in [3.63, 3.8) is 0 Å². The number of halogens is 3. The van der Waals surface area contributed by atoms with Crippen LogP contribution in [0.5, 0.6) is 0 Å². The predicted octanol–water partition coefficient (Wildman–Crippen LogP) is 2.40. The number of rotatable bonds is 1. The molecule has 2 nitrogen and oxygen atoms in total. The molecule has 0 amide bonds. The van der Waals surface area contributed by atoms with Crippen LogP contribution >= 0.6 is 0 Å². The lowest BCUT2D eigenvalue weighted by atomic mass is 10.1. The van der Waals surface area contributed by atoms with Gasteiger partial charge in [0, 0.05) is 6.07 Å². The molecule has 0 radical (unpaired) electrons. The maximum atomic E-state index is 13.3. The second kappa shape index (κ2) is 3.84. The Kier molecular flexibility index (Phi) is 2.52. The van der Waals surface area contributed by atoms with Crippen LogP contribution in [-0.4, -0.2) is 0 Å². The highest BCUT2D eigenvalue weighted by Gasteiger charge is 2.17. The Morgan fingerprint density at radius 3 is 2.12 bits per heavy atom. The Morgan fingerprint density at radius 2 is 1.56 bits per heavy atom. The Bertz CT molecular complexity index is 502. The SMILES string of the molecule is [O-][n+]1cc(F)cc(F)c1-c1ccc(F)cc1. The van der Waals surface area contributed by atoms with Crippen molar-refractivity contribution in [3.8, 4) is 11.3 Å². The molecule has 1 aromatic carbocycles. The summed E-state index contributed by atoms with van der Waals surface area (Å²) < 4.78 is 38.7. The molecule has 0 N–H and O–H groups in total. The van der Waals surface area contributed by atoms with E-state index in [9.17, 15) is 18.4 Å². The smallest absolute Gasteiger partial charge is 0.259 e. The molecule has 0 atom stereocenters. The van der Waals surface area contributed by atoms with E-state index in [1.807, 2.05) is 0 Å². The minimum Gasteiger partial charge on any atom is -0.618 e. The van der Waals surface area contributed by atoms with E-state index in [4.69, 9.17) is 0 Å². The van der Waals surface area contributed by atoms with Crippen molar-refractivity contribution < 1.29 is 17.9 Å². The summed E-state index contributed by atoms with van der Waals surface area (Å²) >= 11 is 0. The molecule has 82 valence electrons. The van der Waals surface area contributed by atoms with Gasteiger partial charge < -0.3 is 5.21 Å². The van der Waals surface area contributed by atoms with Crippen LogP contribution in [0.4, 0.5) is 13.2 Å². The highest BCUT2D eigenvalue weighted by molar-refractivity contribution is 5.56. The third kappa shape index (κ3) is 1.84. The van der Waals surface area contributed by atoms with Crippen LogP contribution in [0.15, 0.2) is 36.5 Å². The maximum absolute atomic E-state index is 13.3. The van der Waals surface area contributed by atoms with Crippen molar-refractivity contribution in [3.05, 3.63) is 59.2 Å². The van der Waals surface area contributed by atoms with Crippen LogP contribution in [0.2, 0.25) is 0 Å². The lowest BCUT2D eigenvalue weighted by molar-refractivity contribution is -0.597. The summed E-state index contributed by atoms with van der Waals surface area (Å²) in [5.74, 6) is -2.44. The molecular weight excluding hydrogens is 219 g/mol. The first-order valence-electron chi connectivity index (χ1n) is 4.42. The van der Waals surface area contributed by atoms with Gasteiger partial charge in [-0.15, -0.1) is 0 Å². The number of benzene rings is 1. The van der Waals surface area contributed by atoms with Crippen molar-refractivity contribution in [2.45, 2.75) is 0 Å². The Hall–Kier alpha value is -2.04. The lowest BCUT2D eigenvalue weighted by Gasteiger charge is -2.05. The van der Waals surface area contributed by atoms with Gasteiger partial charge in [0.05, 0.1) is 5.56 Å². The van der Waals surface area contributed by atoms with Crippen LogP contribution in [-0.2, 0) is 0 Å². The van der Waals surface area contributed by atoms with Crippen LogP contribution in [0.1, 0.15) is 0 Å². The molecular formula is C11H6F3NO. The van der Waals surface area contributed by atoms with E-state index in [2.05, 4.69) is 0 Å². The number of hydrogen-bond donors (Lipinski definition) is 0. The molecule has 0 aliphatic carbocycles. The quantitative estimate of drug-likeness (QED) is 0.540. The molecule has 0 aliphatic heterocycles. The van der Waals surface area contributed by atoms with Gasteiger partial charge in [-0.1, -0.05) is 0 Å². The number of pyridine rings is 1. The first-order chi connectivity index (χ1) is 7.58. The average Bonchev–Trinajstić information content (AvgIpc) is 2.19. The van der Waals surface area contributed by atoms with E-state index < -0.39 is 17.5 Å². The molecule has 1 aromatic heterocycles. The standard InChI is InChI=1S/C11H6F3NO/c12-8-3-1-7(2-4-8)11-10(14)5-9(13)6-15(11)16/h1-6H.